The Labute approximate surface area is 175 Å². The quantitative estimate of drug-likeness (QED) is 0.656. The number of fused-ring (bicyclic) bond motifs is 1. The van der Waals surface area contributed by atoms with Crippen molar-refractivity contribution in [1.29, 1.82) is 0 Å². The summed E-state index contributed by atoms with van der Waals surface area (Å²) in [5, 5.41) is 1.30. The molecule has 0 bridgehead atoms. The Morgan fingerprint density at radius 3 is 2.45 bits per heavy atom. The molecule has 1 aliphatic rings. The molecular formula is C25H34N4. The van der Waals surface area contributed by atoms with Crippen molar-refractivity contribution in [3.05, 3.63) is 71.9 Å². The van der Waals surface area contributed by atoms with Gasteiger partial charge >= 0.3 is 0 Å². The van der Waals surface area contributed by atoms with Gasteiger partial charge in [0.25, 0.3) is 0 Å². The highest BCUT2D eigenvalue weighted by atomic mass is 15.2. The molecule has 1 N–H and O–H groups in total. The second kappa shape index (κ2) is 8.70. The van der Waals surface area contributed by atoms with Gasteiger partial charge in [-0.25, -0.2) is 0 Å². The minimum Gasteiger partial charge on any atom is -0.361 e. The van der Waals surface area contributed by atoms with Crippen LogP contribution in [-0.4, -0.2) is 67.0 Å². The molecule has 154 valence electrons. The van der Waals surface area contributed by atoms with Gasteiger partial charge in [0.05, 0.1) is 0 Å². The smallest absolute Gasteiger partial charge is 0.0479 e. The number of aromatic nitrogens is 1. The van der Waals surface area contributed by atoms with Crippen molar-refractivity contribution in [2.75, 3.05) is 47.3 Å². The van der Waals surface area contributed by atoms with Crippen molar-refractivity contribution in [3.63, 3.8) is 0 Å². The summed E-state index contributed by atoms with van der Waals surface area (Å²) >= 11 is 0. The van der Waals surface area contributed by atoms with Gasteiger partial charge in [0, 0.05) is 50.0 Å². The van der Waals surface area contributed by atoms with E-state index in [4.69, 9.17) is 0 Å². The highest BCUT2D eigenvalue weighted by Crippen LogP contribution is 2.37. The van der Waals surface area contributed by atoms with E-state index in [0.717, 1.165) is 32.7 Å². The van der Waals surface area contributed by atoms with Gasteiger partial charge in [-0.05, 0) is 68.7 Å². The zero-order chi connectivity index (χ0) is 20.3. The summed E-state index contributed by atoms with van der Waals surface area (Å²) in [5.41, 5.74) is 4.23. The average Bonchev–Trinajstić information content (AvgIpc) is 3.21. The number of nitrogens with zero attached hydrogens (tertiary/aromatic N) is 3. The standard InChI is InChI=1S/C25H34N4/c1-27(2)25(23-7-5-4-6-8-23)12-15-29(16-13-25)18-17-28(3)20-21-9-10-24-22(19-21)11-14-26-24/h4-11,14,19,26H,12-13,15-18,20H2,1-3H3. The number of hydrogen-bond acceptors (Lipinski definition) is 3. The summed E-state index contributed by atoms with van der Waals surface area (Å²) in [6.45, 7) is 5.57. The van der Waals surface area contributed by atoms with E-state index < -0.39 is 0 Å². The summed E-state index contributed by atoms with van der Waals surface area (Å²) in [6.07, 6.45) is 4.40. The number of benzene rings is 2. The van der Waals surface area contributed by atoms with Crippen molar-refractivity contribution < 1.29 is 0 Å². The van der Waals surface area contributed by atoms with Crippen LogP contribution in [0.2, 0.25) is 0 Å². The van der Waals surface area contributed by atoms with E-state index in [1.807, 2.05) is 6.20 Å². The molecule has 0 unspecified atom stereocenters. The van der Waals surface area contributed by atoms with Gasteiger partial charge in [-0.3, -0.25) is 4.90 Å². The molecule has 0 radical (unpaired) electrons. The Morgan fingerprint density at radius 1 is 0.966 bits per heavy atom. The molecule has 3 aromatic rings. The number of likely N-dealkylation sites (N-methyl/N-ethyl adjacent to an activating group) is 1. The molecule has 4 rings (SSSR count). The number of H-pyrrole nitrogens is 1. The summed E-state index contributed by atoms with van der Waals surface area (Å²) in [7, 11) is 6.70. The summed E-state index contributed by atoms with van der Waals surface area (Å²) in [6, 6.07) is 19.9. The Bertz CT molecular complexity index is 907. The largest absolute Gasteiger partial charge is 0.361 e. The van der Waals surface area contributed by atoms with Crippen LogP contribution in [0.15, 0.2) is 60.8 Å². The molecule has 0 aliphatic carbocycles. The third-order valence-electron chi connectivity index (χ3n) is 6.72. The first-order chi connectivity index (χ1) is 14.1. The number of hydrogen-bond donors (Lipinski definition) is 1. The molecule has 1 aromatic heterocycles. The van der Waals surface area contributed by atoms with Crippen molar-refractivity contribution in [1.82, 2.24) is 19.7 Å². The first-order valence-corrected chi connectivity index (χ1v) is 10.8. The van der Waals surface area contributed by atoms with Crippen molar-refractivity contribution in [2.45, 2.75) is 24.9 Å². The summed E-state index contributed by atoms with van der Waals surface area (Å²) in [4.78, 5) is 10.8. The molecule has 1 aliphatic heterocycles. The first kappa shape index (κ1) is 20.1. The molecule has 0 amide bonds. The molecule has 0 saturated carbocycles. The predicted molar refractivity (Wildman–Crippen MR) is 122 cm³/mol. The predicted octanol–water partition coefficient (Wildman–Crippen LogP) is 4.15. The van der Waals surface area contributed by atoms with Crippen LogP contribution in [0.1, 0.15) is 24.0 Å². The Kier molecular flexibility index (Phi) is 6.04. The lowest BCUT2D eigenvalue weighted by atomic mass is 9.80. The molecule has 2 heterocycles. The fraction of sp³-hybridized carbons (Fsp3) is 0.440. The number of likely N-dealkylation sites (tertiary alicyclic amines) is 1. The SMILES string of the molecule is CN(CCN1CCC(c2ccccc2)(N(C)C)CC1)Cc1ccc2[nH]ccc2c1. The normalized spacial score (nSPS) is 17.4. The lowest BCUT2D eigenvalue weighted by Crippen LogP contribution is -2.51. The maximum Gasteiger partial charge on any atom is 0.0479 e. The van der Waals surface area contributed by atoms with E-state index in [1.54, 1.807) is 0 Å². The topological polar surface area (TPSA) is 25.5 Å². The number of rotatable bonds is 7. The van der Waals surface area contributed by atoms with E-state index in [-0.39, 0.29) is 5.54 Å². The number of aromatic amines is 1. The van der Waals surface area contributed by atoms with Gasteiger partial charge in [0.15, 0.2) is 0 Å². The van der Waals surface area contributed by atoms with Gasteiger partial charge in [-0.1, -0.05) is 36.4 Å². The molecule has 0 spiro atoms. The molecule has 4 heteroatoms. The average molecular weight is 391 g/mol. The van der Waals surface area contributed by atoms with Crippen LogP contribution in [0, 0.1) is 0 Å². The number of nitrogens with one attached hydrogen (secondary N) is 1. The minimum atomic E-state index is 0.176. The fourth-order valence-electron chi connectivity index (χ4n) is 4.79. The van der Waals surface area contributed by atoms with Crippen molar-refractivity contribution in [3.8, 4) is 0 Å². The zero-order valence-corrected chi connectivity index (χ0v) is 18.1. The third kappa shape index (κ3) is 4.40. The van der Waals surface area contributed by atoms with Gasteiger partial charge in [-0.15, -0.1) is 0 Å². The molecule has 4 nitrogen and oxygen atoms in total. The van der Waals surface area contributed by atoms with Crippen LogP contribution >= 0.6 is 0 Å². The van der Waals surface area contributed by atoms with Gasteiger partial charge in [0.2, 0.25) is 0 Å². The van der Waals surface area contributed by atoms with E-state index in [0.29, 0.717) is 0 Å². The van der Waals surface area contributed by atoms with Crippen molar-refractivity contribution >= 4 is 10.9 Å². The van der Waals surface area contributed by atoms with E-state index >= 15 is 0 Å². The Hall–Kier alpha value is -2.14. The van der Waals surface area contributed by atoms with Gasteiger partial charge in [0.1, 0.15) is 0 Å². The Balaban J connectivity index is 1.30. The number of piperidine rings is 1. The first-order valence-electron chi connectivity index (χ1n) is 10.8. The van der Waals surface area contributed by atoms with Crippen molar-refractivity contribution in [2.24, 2.45) is 0 Å². The maximum atomic E-state index is 3.27. The Morgan fingerprint density at radius 2 is 1.72 bits per heavy atom. The van der Waals surface area contributed by atoms with Crippen LogP contribution in [0.3, 0.4) is 0 Å². The van der Waals surface area contributed by atoms with Crippen LogP contribution < -0.4 is 0 Å². The van der Waals surface area contributed by atoms with E-state index in [1.165, 1.54) is 34.9 Å². The van der Waals surface area contributed by atoms with E-state index in [9.17, 15) is 0 Å². The molecule has 1 fully saturated rings. The van der Waals surface area contributed by atoms with E-state index in [2.05, 4.69) is 95.4 Å². The highest BCUT2D eigenvalue weighted by molar-refractivity contribution is 5.79. The molecule has 2 aromatic carbocycles. The second-order valence-electron chi connectivity index (χ2n) is 8.77. The fourth-order valence-corrected chi connectivity index (χ4v) is 4.79. The lowest BCUT2D eigenvalue weighted by molar-refractivity contribution is 0.0503. The summed E-state index contributed by atoms with van der Waals surface area (Å²) in [5.74, 6) is 0. The molecular weight excluding hydrogens is 356 g/mol. The van der Waals surface area contributed by atoms with Crippen LogP contribution in [0.25, 0.3) is 10.9 Å². The second-order valence-corrected chi connectivity index (χ2v) is 8.77. The minimum absolute atomic E-state index is 0.176. The zero-order valence-electron chi connectivity index (χ0n) is 18.1. The molecule has 29 heavy (non-hydrogen) atoms. The monoisotopic (exact) mass is 390 g/mol. The van der Waals surface area contributed by atoms with Crippen LogP contribution in [0.5, 0.6) is 0 Å². The highest BCUT2D eigenvalue weighted by Gasteiger charge is 2.37. The van der Waals surface area contributed by atoms with Crippen LogP contribution in [0.4, 0.5) is 0 Å². The van der Waals surface area contributed by atoms with Gasteiger partial charge in [-0.2, -0.15) is 0 Å². The van der Waals surface area contributed by atoms with Crippen LogP contribution in [-0.2, 0) is 12.1 Å². The lowest BCUT2D eigenvalue weighted by Gasteiger charge is -2.47. The third-order valence-corrected chi connectivity index (χ3v) is 6.72. The molecule has 0 atom stereocenters. The molecule has 1 saturated heterocycles. The summed E-state index contributed by atoms with van der Waals surface area (Å²) < 4.78 is 0. The maximum absolute atomic E-state index is 3.27. The van der Waals surface area contributed by atoms with Gasteiger partial charge < -0.3 is 14.8 Å².